The first-order valence-corrected chi connectivity index (χ1v) is 8.78. The minimum atomic E-state index is -3.91. The minimum Gasteiger partial charge on any atom is -0.459 e. The Bertz CT molecular complexity index is 640. The van der Waals surface area contributed by atoms with Gasteiger partial charge in [0.2, 0.25) is 10.0 Å². The van der Waals surface area contributed by atoms with Gasteiger partial charge in [-0.2, -0.15) is 4.72 Å². The highest BCUT2D eigenvalue weighted by molar-refractivity contribution is 9.10. The van der Waals surface area contributed by atoms with E-state index in [9.17, 15) is 13.2 Å². The van der Waals surface area contributed by atoms with Gasteiger partial charge in [-0.15, -0.1) is 0 Å². The summed E-state index contributed by atoms with van der Waals surface area (Å²) in [6.07, 6.45) is 0. The second kappa shape index (κ2) is 6.64. The van der Waals surface area contributed by atoms with Crippen LogP contribution >= 0.6 is 27.5 Å². The number of benzene rings is 1. The maximum Gasteiger partial charge on any atom is 0.324 e. The molecule has 1 atom stereocenters. The Hall–Kier alpha value is -0.630. The van der Waals surface area contributed by atoms with Crippen molar-refractivity contribution in [2.75, 3.05) is 0 Å². The van der Waals surface area contributed by atoms with E-state index in [4.69, 9.17) is 16.3 Å². The largest absolute Gasteiger partial charge is 0.459 e. The van der Waals surface area contributed by atoms with Gasteiger partial charge in [0.25, 0.3) is 0 Å². The summed E-state index contributed by atoms with van der Waals surface area (Å²) < 4.78 is 32.5. The van der Waals surface area contributed by atoms with E-state index < -0.39 is 27.6 Å². The molecule has 0 aliphatic heterocycles. The van der Waals surface area contributed by atoms with Crippen molar-refractivity contribution in [1.82, 2.24) is 4.72 Å². The van der Waals surface area contributed by atoms with E-state index in [0.717, 1.165) is 0 Å². The zero-order valence-corrected chi connectivity index (χ0v) is 15.3. The molecule has 21 heavy (non-hydrogen) atoms. The molecule has 0 saturated carbocycles. The standard InChI is InChI=1S/C13H17BrClNO4S/c1-8(12(17)20-13(2,3)4)16-21(18,19)11-6-5-9(14)7-10(11)15/h5-8,16H,1-4H3/t8-/m0/s1. The summed E-state index contributed by atoms with van der Waals surface area (Å²) in [5.74, 6) is -0.653. The van der Waals surface area contributed by atoms with Gasteiger partial charge in [0, 0.05) is 4.47 Å². The Morgan fingerprint density at radius 3 is 2.43 bits per heavy atom. The highest BCUT2D eigenvalue weighted by atomic mass is 79.9. The fraction of sp³-hybridized carbons (Fsp3) is 0.462. The Labute approximate surface area is 138 Å². The molecule has 118 valence electrons. The van der Waals surface area contributed by atoms with Crippen LogP contribution in [0.25, 0.3) is 0 Å². The lowest BCUT2D eigenvalue weighted by molar-refractivity contribution is -0.156. The number of hydrogen-bond donors (Lipinski definition) is 1. The van der Waals surface area contributed by atoms with Crippen LogP contribution in [0.15, 0.2) is 27.6 Å². The van der Waals surface area contributed by atoms with Gasteiger partial charge in [0.15, 0.2) is 0 Å². The molecule has 0 aliphatic rings. The molecule has 0 bridgehead atoms. The molecular weight excluding hydrogens is 382 g/mol. The van der Waals surface area contributed by atoms with E-state index in [1.54, 1.807) is 26.8 Å². The second-order valence-electron chi connectivity index (χ2n) is 5.45. The Kier molecular flexibility index (Phi) is 5.83. The molecule has 0 heterocycles. The van der Waals surface area contributed by atoms with Crippen LogP contribution in [-0.4, -0.2) is 26.0 Å². The van der Waals surface area contributed by atoms with E-state index in [-0.39, 0.29) is 9.92 Å². The predicted molar refractivity (Wildman–Crippen MR) is 84.8 cm³/mol. The first kappa shape index (κ1) is 18.4. The van der Waals surface area contributed by atoms with Crippen molar-refractivity contribution >= 4 is 43.5 Å². The minimum absolute atomic E-state index is 0.0632. The van der Waals surface area contributed by atoms with Crippen molar-refractivity contribution < 1.29 is 17.9 Å². The number of halogens is 2. The van der Waals surface area contributed by atoms with Crippen molar-refractivity contribution in [3.05, 3.63) is 27.7 Å². The van der Waals surface area contributed by atoms with Crippen LogP contribution in [0.1, 0.15) is 27.7 Å². The summed E-state index contributed by atoms with van der Waals surface area (Å²) in [6, 6.07) is 3.36. The van der Waals surface area contributed by atoms with Gasteiger partial charge in [-0.3, -0.25) is 4.79 Å². The van der Waals surface area contributed by atoms with E-state index in [0.29, 0.717) is 4.47 Å². The number of carbonyl (C=O) groups is 1. The molecule has 8 heteroatoms. The Morgan fingerprint density at radius 1 is 1.38 bits per heavy atom. The summed E-state index contributed by atoms with van der Waals surface area (Å²) in [6.45, 7) is 6.53. The van der Waals surface area contributed by atoms with Crippen LogP contribution in [0.2, 0.25) is 5.02 Å². The lowest BCUT2D eigenvalue weighted by Crippen LogP contribution is -2.42. The average Bonchev–Trinajstić information content (AvgIpc) is 2.24. The molecule has 5 nitrogen and oxygen atoms in total. The maximum absolute atomic E-state index is 12.2. The van der Waals surface area contributed by atoms with Crippen LogP contribution in [0.4, 0.5) is 0 Å². The van der Waals surface area contributed by atoms with Gasteiger partial charge in [-0.1, -0.05) is 27.5 Å². The zero-order chi connectivity index (χ0) is 16.4. The van der Waals surface area contributed by atoms with E-state index in [1.807, 2.05) is 0 Å². The van der Waals surface area contributed by atoms with Gasteiger partial charge in [0.05, 0.1) is 5.02 Å². The first-order chi connectivity index (χ1) is 9.42. The highest BCUT2D eigenvalue weighted by Crippen LogP contribution is 2.25. The van der Waals surface area contributed by atoms with Crippen molar-refractivity contribution in [3.63, 3.8) is 0 Å². The molecule has 1 aromatic carbocycles. The van der Waals surface area contributed by atoms with Crippen molar-refractivity contribution in [2.45, 2.75) is 44.2 Å². The third-order valence-corrected chi connectivity index (χ3v) is 4.79. The molecule has 0 aliphatic carbocycles. The number of rotatable bonds is 4. The van der Waals surface area contributed by atoms with E-state index >= 15 is 0 Å². The molecule has 0 radical (unpaired) electrons. The summed E-state index contributed by atoms with van der Waals surface area (Å²) in [5.41, 5.74) is -0.688. The average molecular weight is 399 g/mol. The first-order valence-electron chi connectivity index (χ1n) is 6.12. The number of nitrogens with one attached hydrogen (secondary N) is 1. The van der Waals surface area contributed by atoms with Gasteiger partial charge < -0.3 is 4.74 Å². The van der Waals surface area contributed by atoms with Crippen LogP contribution in [0, 0.1) is 0 Å². The third kappa shape index (κ3) is 5.58. The molecule has 1 rings (SSSR count). The van der Waals surface area contributed by atoms with Gasteiger partial charge in [0.1, 0.15) is 16.5 Å². The number of hydrogen-bond acceptors (Lipinski definition) is 4. The lowest BCUT2D eigenvalue weighted by atomic mass is 10.2. The molecule has 0 unspecified atom stereocenters. The molecule has 1 aromatic rings. The van der Waals surface area contributed by atoms with E-state index in [2.05, 4.69) is 20.7 Å². The predicted octanol–water partition coefficient (Wildman–Crippen LogP) is 3.11. The number of carbonyl (C=O) groups excluding carboxylic acids is 1. The summed E-state index contributed by atoms with van der Waals surface area (Å²) >= 11 is 9.11. The molecule has 0 spiro atoms. The summed E-state index contributed by atoms with van der Waals surface area (Å²) in [4.78, 5) is 11.7. The SMILES string of the molecule is C[C@H](NS(=O)(=O)c1ccc(Br)cc1Cl)C(=O)OC(C)(C)C. The molecule has 1 N–H and O–H groups in total. The molecule has 0 amide bonds. The number of esters is 1. The van der Waals surface area contributed by atoms with Crippen molar-refractivity contribution in [3.8, 4) is 0 Å². The Balaban J connectivity index is 2.92. The smallest absolute Gasteiger partial charge is 0.324 e. The normalized spacial score (nSPS) is 13.8. The number of ether oxygens (including phenoxy) is 1. The van der Waals surface area contributed by atoms with Crippen LogP contribution < -0.4 is 4.72 Å². The van der Waals surface area contributed by atoms with Crippen LogP contribution in [-0.2, 0) is 19.6 Å². The van der Waals surface area contributed by atoms with Gasteiger partial charge >= 0.3 is 5.97 Å². The van der Waals surface area contributed by atoms with E-state index in [1.165, 1.54) is 19.1 Å². The highest BCUT2D eigenvalue weighted by Gasteiger charge is 2.27. The molecular formula is C13H17BrClNO4S. The Morgan fingerprint density at radius 2 is 1.95 bits per heavy atom. The summed E-state index contributed by atoms with van der Waals surface area (Å²) in [7, 11) is -3.91. The van der Waals surface area contributed by atoms with Gasteiger partial charge in [-0.25, -0.2) is 8.42 Å². The van der Waals surface area contributed by atoms with Crippen molar-refractivity contribution in [1.29, 1.82) is 0 Å². The van der Waals surface area contributed by atoms with Crippen molar-refractivity contribution in [2.24, 2.45) is 0 Å². The van der Waals surface area contributed by atoms with Crippen LogP contribution in [0.3, 0.4) is 0 Å². The second-order valence-corrected chi connectivity index (χ2v) is 8.46. The van der Waals surface area contributed by atoms with Gasteiger partial charge in [-0.05, 0) is 45.9 Å². The third-order valence-electron chi connectivity index (χ3n) is 2.28. The molecule has 0 fully saturated rings. The topological polar surface area (TPSA) is 72.5 Å². The molecule has 0 aromatic heterocycles. The monoisotopic (exact) mass is 397 g/mol. The summed E-state index contributed by atoms with van der Waals surface area (Å²) in [5, 5.41) is 0.0632. The number of sulfonamides is 1. The van der Waals surface area contributed by atoms with Crippen LogP contribution in [0.5, 0.6) is 0 Å². The zero-order valence-electron chi connectivity index (χ0n) is 12.1. The quantitative estimate of drug-likeness (QED) is 0.791. The lowest BCUT2D eigenvalue weighted by Gasteiger charge is -2.22. The fourth-order valence-electron chi connectivity index (χ4n) is 1.43. The molecule has 0 saturated heterocycles. The fourth-order valence-corrected chi connectivity index (χ4v) is 3.66. The maximum atomic E-state index is 12.2.